The lowest BCUT2D eigenvalue weighted by Crippen LogP contribution is -2.24. The first-order valence-corrected chi connectivity index (χ1v) is 10.4. The van der Waals surface area contributed by atoms with E-state index in [1.165, 1.54) is 6.08 Å². The molecule has 0 aliphatic carbocycles. The van der Waals surface area contributed by atoms with Crippen molar-refractivity contribution in [2.24, 2.45) is 0 Å². The number of carbonyl (C=O) groups excluding carboxylic acids is 1. The SMILES string of the molecule is O=C(CCNS(=O)(=O)/C=C/c1ccccc1)OCc1cccc2ccccc12. The molecule has 0 radical (unpaired) electrons. The summed E-state index contributed by atoms with van der Waals surface area (Å²) in [6.45, 7) is 0.136. The maximum Gasteiger partial charge on any atom is 0.307 e. The summed E-state index contributed by atoms with van der Waals surface area (Å²) in [6, 6.07) is 22.8. The molecule has 3 aromatic carbocycles. The van der Waals surface area contributed by atoms with Crippen molar-refractivity contribution in [1.82, 2.24) is 4.72 Å². The highest BCUT2D eigenvalue weighted by molar-refractivity contribution is 7.92. The third-order valence-corrected chi connectivity index (χ3v) is 5.24. The largest absolute Gasteiger partial charge is 0.461 e. The monoisotopic (exact) mass is 395 g/mol. The summed E-state index contributed by atoms with van der Waals surface area (Å²) >= 11 is 0. The molecule has 0 aromatic heterocycles. The first-order valence-electron chi connectivity index (χ1n) is 8.88. The molecule has 3 rings (SSSR count). The summed E-state index contributed by atoms with van der Waals surface area (Å²) in [5, 5.41) is 3.20. The number of hydrogen-bond donors (Lipinski definition) is 1. The maximum absolute atomic E-state index is 12.0. The van der Waals surface area contributed by atoms with Gasteiger partial charge in [-0.2, -0.15) is 0 Å². The Morgan fingerprint density at radius 2 is 1.64 bits per heavy atom. The predicted molar refractivity (Wildman–Crippen MR) is 111 cm³/mol. The Kier molecular flexibility index (Phi) is 6.57. The van der Waals surface area contributed by atoms with Gasteiger partial charge in [-0.1, -0.05) is 72.8 Å². The summed E-state index contributed by atoms with van der Waals surface area (Å²) in [5.74, 6) is -0.456. The van der Waals surface area contributed by atoms with Crippen LogP contribution in [-0.2, 0) is 26.2 Å². The highest BCUT2D eigenvalue weighted by atomic mass is 32.2. The third kappa shape index (κ3) is 5.77. The van der Waals surface area contributed by atoms with Crippen molar-refractivity contribution in [3.05, 3.63) is 89.3 Å². The summed E-state index contributed by atoms with van der Waals surface area (Å²) in [5.41, 5.74) is 1.69. The zero-order valence-corrected chi connectivity index (χ0v) is 16.1. The van der Waals surface area contributed by atoms with Gasteiger partial charge in [0.15, 0.2) is 0 Å². The molecule has 0 spiro atoms. The van der Waals surface area contributed by atoms with Gasteiger partial charge in [-0.15, -0.1) is 0 Å². The van der Waals surface area contributed by atoms with Crippen LogP contribution in [0, 0.1) is 0 Å². The maximum atomic E-state index is 12.0. The van der Waals surface area contributed by atoms with E-state index in [2.05, 4.69) is 4.72 Å². The number of nitrogens with one attached hydrogen (secondary N) is 1. The number of fused-ring (bicyclic) bond motifs is 1. The molecule has 0 fully saturated rings. The van der Waals surface area contributed by atoms with E-state index in [4.69, 9.17) is 4.74 Å². The minimum atomic E-state index is -3.61. The first kappa shape index (κ1) is 19.8. The number of esters is 1. The zero-order valence-electron chi connectivity index (χ0n) is 15.2. The molecule has 0 saturated carbocycles. The van der Waals surface area contributed by atoms with Gasteiger partial charge in [0.1, 0.15) is 6.61 Å². The Morgan fingerprint density at radius 1 is 0.929 bits per heavy atom. The van der Waals surface area contributed by atoms with E-state index in [-0.39, 0.29) is 19.6 Å². The third-order valence-electron chi connectivity index (χ3n) is 4.14. The molecule has 0 heterocycles. The average molecular weight is 395 g/mol. The molecule has 0 atom stereocenters. The van der Waals surface area contributed by atoms with Gasteiger partial charge >= 0.3 is 5.97 Å². The van der Waals surface area contributed by atoms with Gasteiger partial charge in [0.25, 0.3) is 0 Å². The lowest BCUT2D eigenvalue weighted by molar-refractivity contribution is -0.144. The van der Waals surface area contributed by atoms with Crippen molar-refractivity contribution in [1.29, 1.82) is 0 Å². The van der Waals surface area contributed by atoms with Gasteiger partial charge < -0.3 is 4.74 Å². The topological polar surface area (TPSA) is 72.5 Å². The molecule has 144 valence electrons. The Hall–Kier alpha value is -2.96. The lowest BCUT2D eigenvalue weighted by Gasteiger charge is -2.08. The van der Waals surface area contributed by atoms with Crippen molar-refractivity contribution in [2.45, 2.75) is 13.0 Å². The summed E-state index contributed by atoms with van der Waals surface area (Å²) in [6.07, 6.45) is 1.46. The summed E-state index contributed by atoms with van der Waals surface area (Å²) in [7, 11) is -3.61. The van der Waals surface area contributed by atoms with Gasteiger partial charge in [0.2, 0.25) is 10.0 Å². The summed E-state index contributed by atoms with van der Waals surface area (Å²) in [4.78, 5) is 11.9. The van der Waals surface area contributed by atoms with E-state index in [0.29, 0.717) is 0 Å². The fourth-order valence-electron chi connectivity index (χ4n) is 2.72. The molecule has 0 saturated heterocycles. The van der Waals surface area contributed by atoms with Gasteiger partial charge in [-0.25, -0.2) is 13.1 Å². The van der Waals surface area contributed by atoms with E-state index in [1.807, 2.05) is 60.7 Å². The molecular weight excluding hydrogens is 374 g/mol. The van der Waals surface area contributed by atoms with Gasteiger partial charge in [-0.05, 0) is 28.0 Å². The molecule has 1 N–H and O–H groups in total. The summed E-state index contributed by atoms with van der Waals surface area (Å²) < 4.78 is 31.6. The first-order chi connectivity index (χ1) is 13.5. The predicted octanol–water partition coefficient (Wildman–Crippen LogP) is 3.86. The fraction of sp³-hybridized carbons (Fsp3) is 0.136. The number of carbonyl (C=O) groups is 1. The normalized spacial score (nSPS) is 11.7. The van der Waals surface area contributed by atoms with Crippen molar-refractivity contribution in [3.8, 4) is 0 Å². The zero-order chi connectivity index (χ0) is 19.8. The van der Waals surface area contributed by atoms with E-state index in [0.717, 1.165) is 27.3 Å². The number of rotatable bonds is 8. The van der Waals surface area contributed by atoms with Crippen LogP contribution in [0.1, 0.15) is 17.5 Å². The van der Waals surface area contributed by atoms with Crippen LogP contribution in [-0.4, -0.2) is 20.9 Å². The minimum absolute atomic E-state index is 0.0180. The molecule has 0 unspecified atom stereocenters. The molecule has 0 aliphatic heterocycles. The van der Waals surface area contributed by atoms with Crippen LogP contribution >= 0.6 is 0 Å². The minimum Gasteiger partial charge on any atom is -0.461 e. The fourth-order valence-corrected chi connectivity index (χ4v) is 3.54. The lowest BCUT2D eigenvalue weighted by atomic mass is 10.1. The molecule has 3 aromatic rings. The van der Waals surface area contributed by atoms with Crippen LogP contribution in [0.2, 0.25) is 0 Å². The van der Waals surface area contributed by atoms with Crippen LogP contribution in [0.25, 0.3) is 16.8 Å². The van der Waals surface area contributed by atoms with Crippen molar-refractivity contribution >= 4 is 32.8 Å². The van der Waals surface area contributed by atoms with Gasteiger partial charge in [0.05, 0.1) is 6.42 Å². The van der Waals surface area contributed by atoms with Crippen LogP contribution in [0.5, 0.6) is 0 Å². The number of ether oxygens (including phenoxy) is 1. The van der Waals surface area contributed by atoms with Crippen molar-refractivity contribution in [3.63, 3.8) is 0 Å². The van der Waals surface area contributed by atoms with E-state index in [9.17, 15) is 13.2 Å². The second kappa shape index (κ2) is 9.30. The molecule has 28 heavy (non-hydrogen) atoms. The second-order valence-corrected chi connectivity index (χ2v) is 7.85. The van der Waals surface area contributed by atoms with Crippen LogP contribution in [0.4, 0.5) is 0 Å². The van der Waals surface area contributed by atoms with Crippen LogP contribution in [0.3, 0.4) is 0 Å². The highest BCUT2D eigenvalue weighted by Crippen LogP contribution is 2.19. The average Bonchev–Trinajstić information content (AvgIpc) is 2.71. The van der Waals surface area contributed by atoms with Crippen LogP contribution < -0.4 is 4.72 Å². The molecule has 6 heteroatoms. The van der Waals surface area contributed by atoms with E-state index >= 15 is 0 Å². The molecule has 5 nitrogen and oxygen atoms in total. The van der Waals surface area contributed by atoms with Gasteiger partial charge in [-0.3, -0.25) is 4.79 Å². The van der Waals surface area contributed by atoms with Crippen LogP contribution in [0.15, 0.2) is 78.2 Å². The Bertz CT molecular complexity index is 1070. The molecule has 0 aliphatic rings. The van der Waals surface area contributed by atoms with Crippen molar-refractivity contribution < 1.29 is 17.9 Å². The Balaban J connectivity index is 1.47. The quantitative estimate of drug-likeness (QED) is 0.588. The molecule has 0 amide bonds. The Labute approximate surface area is 164 Å². The van der Waals surface area contributed by atoms with E-state index < -0.39 is 16.0 Å². The number of benzene rings is 3. The smallest absolute Gasteiger partial charge is 0.307 e. The standard InChI is InChI=1S/C22H21NO4S/c24-22(27-17-20-11-6-10-19-9-4-5-12-21(19)20)13-15-23-28(25,26)16-14-18-7-2-1-3-8-18/h1-12,14,16,23H,13,15,17H2/b16-14+. The highest BCUT2D eigenvalue weighted by Gasteiger charge is 2.09. The second-order valence-electron chi connectivity index (χ2n) is 6.20. The number of sulfonamides is 1. The van der Waals surface area contributed by atoms with Crippen molar-refractivity contribution in [2.75, 3.05) is 6.54 Å². The van der Waals surface area contributed by atoms with E-state index in [1.54, 1.807) is 12.1 Å². The molecule has 0 bridgehead atoms. The molecular formula is C22H21NO4S. The van der Waals surface area contributed by atoms with Gasteiger partial charge in [0, 0.05) is 12.0 Å². The Morgan fingerprint density at radius 3 is 2.46 bits per heavy atom. The number of hydrogen-bond acceptors (Lipinski definition) is 4.